The second-order valence-corrected chi connectivity index (χ2v) is 5.35. The molecule has 0 aliphatic heterocycles. The van der Waals surface area contributed by atoms with Gasteiger partial charge in [-0.2, -0.15) is 0 Å². The Morgan fingerprint density at radius 1 is 0.962 bits per heavy atom. The molecule has 0 saturated carbocycles. The fourth-order valence-electron chi connectivity index (χ4n) is 2.28. The third-order valence-electron chi connectivity index (χ3n) is 3.55. The molecular weight excluding hydrogens is 342 g/mol. The quantitative estimate of drug-likeness (QED) is 0.315. The molecule has 136 valence electrons. The normalized spacial score (nSPS) is 10.2. The van der Waals surface area contributed by atoms with Crippen molar-refractivity contribution >= 4 is 23.0 Å². The molecule has 0 aliphatic rings. The number of nitro benzene ring substituents is 2. The van der Waals surface area contributed by atoms with E-state index in [0.29, 0.717) is 24.2 Å². The van der Waals surface area contributed by atoms with E-state index in [2.05, 4.69) is 5.32 Å². The molecule has 0 amide bonds. The van der Waals surface area contributed by atoms with Gasteiger partial charge in [-0.1, -0.05) is 24.3 Å². The van der Waals surface area contributed by atoms with Crippen molar-refractivity contribution in [3.63, 3.8) is 0 Å². The summed E-state index contributed by atoms with van der Waals surface area (Å²) in [7, 11) is 0. The van der Waals surface area contributed by atoms with Crippen molar-refractivity contribution in [1.82, 2.24) is 0 Å². The number of nitrogens with zero attached hydrogens (tertiary/aromatic N) is 2. The number of hydrogen-bond donors (Lipinski definition) is 1. The molecule has 0 heterocycles. The van der Waals surface area contributed by atoms with Gasteiger partial charge in [0.1, 0.15) is 12.3 Å². The highest BCUT2D eigenvalue weighted by Gasteiger charge is 2.14. The number of benzene rings is 2. The zero-order valence-corrected chi connectivity index (χ0v) is 13.8. The van der Waals surface area contributed by atoms with Crippen molar-refractivity contribution in [2.45, 2.75) is 19.4 Å². The maximum atomic E-state index is 11.8. The van der Waals surface area contributed by atoms with Crippen LogP contribution < -0.4 is 5.32 Å². The summed E-state index contributed by atoms with van der Waals surface area (Å²) in [4.78, 5) is 32.5. The van der Waals surface area contributed by atoms with Crippen LogP contribution in [0.4, 0.5) is 17.1 Å². The monoisotopic (exact) mass is 359 g/mol. The predicted molar refractivity (Wildman–Crippen MR) is 93.7 cm³/mol. The lowest BCUT2D eigenvalue weighted by molar-refractivity contribution is -0.385. The van der Waals surface area contributed by atoms with Crippen LogP contribution in [0, 0.1) is 20.2 Å². The van der Waals surface area contributed by atoms with E-state index in [4.69, 9.17) is 4.74 Å². The molecule has 9 nitrogen and oxygen atoms in total. The molecule has 0 spiro atoms. The van der Waals surface area contributed by atoms with E-state index in [1.165, 1.54) is 24.3 Å². The van der Waals surface area contributed by atoms with Gasteiger partial charge in [0.25, 0.3) is 11.4 Å². The maximum absolute atomic E-state index is 11.8. The van der Waals surface area contributed by atoms with Crippen LogP contribution in [0.2, 0.25) is 0 Å². The Balaban J connectivity index is 1.77. The predicted octanol–water partition coefficient (Wildman–Crippen LogP) is 3.44. The lowest BCUT2D eigenvalue weighted by Gasteiger charge is -2.07. The summed E-state index contributed by atoms with van der Waals surface area (Å²) >= 11 is 0. The van der Waals surface area contributed by atoms with E-state index in [9.17, 15) is 25.0 Å². The van der Waals surface area contributed by atoms with Gasteiger partial charge >= 0.3 is 5.97 Å². The standard InChI is InChI=1S/C17H17N3O6/c21-17(26-12-13-6-1-3-8-15(13)19(22)23)10-5-11-18-14-7-2-4-9-16(14)20(24)25/h1-4,6-9,18H,5,10-12H2. The first-order valence-electron chi connectivity index (χ1n) is 7.84. The highest BCUT2D eigenvalue weighted by molar-refractivity contribution is 5.69. The number of carbonyl (C=O) groups is 1. The number of esters is 1. The lowest BCUT2D eigenvalue weighted by Crippen LogP contribution is -2.09. The van der Waals surface area contributed by atoms with Gasteiger partial charge in [-0.3, -0.25) is 25.0 Å². The molecular formula is C17H17N3O6. The van der Waals surface area contributed by atoms with E-state index in [1.54, 1.807) is 24.3 Å². The smallest absolute Gasteiger partial charge is 0.306 e. The van der Waals surface area contributed by atoms with Crippen LogP contribution in [0.25, 0.3) is 0 Å². The minimum absolute atomic E-state index is 0.0357. The Morgan fingerprint density at radius 2 is 1.58 bits per heavy atom. The molecule has 26 heavy (non-hydrogen) atoms. The van der Waals surface area contributed by atoms with Crippen molar-refractivity contribution in [3.8, 4) is 0 Å². The number of nitro groups is 2. The van der Waals surface area contributed by atoms with Crippen LogP contribution in [-0.4, -0.2) is 22.4 Å². The SMILES string of the molecule is O=C(CCCNc1ccccc1[N+](=O)[O-])OCc1ccccc1[N+](=O)[O-]. The molecule has 9 heteroatoms. The number of anilines is 1. The molecule has 0 radical (unpaired) electrons. The van der Waals surface area contributed by atoms with E-state index in [0.717, 1.165) is 0 Å². The average molecular weight is 359 g/mol. The second kappa shape index (κ2) is 9.11. The Morgan fingerprint density at radius 3 is 2.27 bits per heavy atom. The summed E-state index contributed by atoms with van der Waals surface area (Å²) in [6.07, 6.45) is 0.496. The summed E-state index contributed by atoms with van der Waals surface area (Å²) in [5.41, 5.74) is 0.569. The van der Waals surface area contributed by atoms with Crippen molar-refractivity contribution in [2.75, 3.05) is 11.9 Å². The highest BCUT2D eigenvalue weighted by Crippen LogP contribution is 2.23. The highest BCUT2D eigenvalue weighted by atomic mass is 16.6. The molecule has 0 aliphatic carbocycles. The number of para-hydroxylation sites is 3. The molecule has 0 saturated heterocycles. The number of carbonyl (C=O) groups excluding carboxylic acids is 1. The van der Waals surface area contributed by atoms with Gasteiger partial charge < -0.3 is 10.1 Å². The van der Waals surface area contributed by atoms with Crippen LogP contribution in [0.1, 0.15) is 18.4 Å². The van der Waals surface area contributed by atoms with Crippen LogP contribution in [0.3, 0.4) is 0 Å². The Bertz CT molecular complexity index is 809. The first-order valence-corrected chi connectivity index (χ1v) is 7.84. The zero-order valence-electron chi connectivity index (χ0n) is 13.8. The van der Waals surface area contributed by atoms with Crippen LogP contribution in [-0.2, 0) is 16.1 Å². The molecule has 0 unspecified atom stereocenters. The first-order chi connectivity index (χ1) is 12.5. The minimum Gasteiger partial charge on any atom is -0.461 e. The summed E-state index contributed by atoms with van der Waals surface area (Å²) < 4.78 is 5.05. The maximum Gasteiger partial charge on any atom is 0.306 e. The molecule has 0 bridgehead atoms. The number of nitrogens with one attached hydrogen (secondary N) is 1. The minimum atomic E-state index is -0.528. The van der Waals surface area contributed by atoms with Gasteiger partial charge in [-0.05, 0) is 18.6 Å². The largest absolute Gasteiger partial charge is 0.461 e. The Kier molecular flexibility index (Phi) is 6.60. The molecule has 0 aromatic heterocycles. The second-order valence-electron chi connectivity index (χ2n) is 5.35. The molecule has 2 aromatic carbocycles. The topological polar surface area (TPSA) is 125 Å². The van der Waals surface area contributed by atoms with Gasteiger partial charge in [-0.15, -0.1) is 0 Å². The number of rotatable bonds is 9. The fraction of sp³-hybridized carbons (Fsp3) is 0.235. The summed E-state index contributed by atoms with van der Waals surface area (Å²) in [6, 6.07) is 12.3. The number of hydrogen-bond acceptors (Lipinski definition) is 7. The molecule has 2 aromatic rings. The first kappa shape index (κ1) is 18.8. The van der Waals surface area contributed by atoms with E-state index >= 15 is 0 Å². The third kappa shape index (κ3) is 5.26. The summed E-state index contributed by atoms with van der Waals surface area (Å²) in [6.45, 7) is 0.180. The Hall–Kier alpha value is -3.49. The van der Waals surface area contributed by atoms with Gasteiger partial charge in [0.15, 0.2) is 0 Å². The molecule has 0 atom stereocenters. The van der Waals surface area contributed by atoms with Gasteiger partial charge in [0, 0.05) is 25.1 Å². The van der Waals surface area contributed by atoms with Gasteiger partial charge in [-0.25, -0.2) is 0 Å². The zero-order chi connectivity index (χ0) is 18.9. The third-order valence-corrected chi connectivity index (χ3v) is 3.55. The molecule has 0 fully saturated rings. The van der Waals surface area contributed by atoms with Crippen LogP contribution in [0.15, 0.2) is 48.5 Å². The molecule has 1 N–H and O–H groups in total. The van der Waals surface area contributed by atoms with Gasteiger partial charge in [0.05, 0.1) is 15.4 Å². The average Bonchev–Trinajstić information content (AvgIpc) is 2.64. The van der Waals surface area contributed by atoms with E-state index in [1.807, 2.05) is 0 Å². The summed E-state index contributed by atoms with van der Waals surface area (Å²) in [5.74, 6) is -0.493. The van der Waals surface area contributed by atoms with Crippen LogP contribution >= 0.6 is 0 Å². The Labute approximate surface area is 148 Å². The van der Waals surface area contributed by atoms with Crippen molar-refractivity contribution in [2.24, 2.45) is 0 Å². The van der Waals surface area contributed by atoms with Crippen molar-refractivity contribution in [3.05, 3.63) is 74.3 Å². The molecule has 2 rings (SSSR count). The summed E-state index contributed by atoms with van der Waals surface area (Å²) in [5, 5.41) is 24.7. The van der Waals surface area contributed by atoms with E-state index < -0.39 is 15.8 Å². The van der Waals surface area contributed by atoms with E-state index in [-0.39, 0.29) is 24.4 Å². The van der Waals surface area contributed by atoms with Crippen molar-refractivity contribution < 1.29 is 19.4 Å². The number of ether oxygens (including phenoxy) is 1. The fourth-order valence-corrected chi connectivity index (χ4v) is 2.28. The van der Waals surface area contributed by atoms with Gasteiger partial charge in [0.2, 0.25) is 0 Å². The van der Waals surface area contributed by atoms with Crippen molar-refractivity contribution in [1.29, 1.82) is 0 Å². The van der Waals surface area contributed by atoms with Crippen LogP contribution in [0.5, 0.6) is 0 Å². The lowest BCUT2D eigenvalue weighted by atomic mass is 10.2.